The molecule has 4 rings (SSSR count). The van der Waals surface area contributed by atoms with Gasteiger partial charge in [0, 0.05) is 18.3 Å². The Kier molecular flexibility index (Phi) is 5.20. The van der Waals surface area contributed by atoms with Crippen molar-refractivity contribution in [2.75, 3.05) is 0 Å². The quantitative estimate of drug-likeness (QED) is 0.547. The van der Waals surface area contributed by atoms with E-state index in [-0.39, 0.29) is 12.5 Å². The maximum Gasteiger partial charge on any atom is 0.258 e. The average molecular weight is 387 g/mol. The van der Waals surface area contributed by atoms with Crippen LogP contribution in [0.25, 0.3) is 23.0 Å². The summed E-state index contributed by atoms with van der Waals surface area (Å²) < 4.78 is 7.16. The Morgan fingerprint density at radius 1 is 1.07 bits per heavy atom. The number of hydrogen-bond acceptors (Lipinski definition) is 5. The van der Waals surface area contributed by atoms with Gasteiger partial charge in [0.25, 0.3) is 5.89 Å². The zero-order valence-corrected chi connectivity index (χ0v) is 16.3. The number of imidazole rings is 1. The van der Waals surface area contributed by atoms with Gasteiger partial charge in [-0.25, -0.2) is 4.98 Å². The van der Waals surface area contributed by atoms with E-state index in [1.807, 2.05) is 68.4 Å². The molecule has 0 fully saturated rings. The van der Waals surface area contributed by atoms with E-state index in [0.29, 0.717) is 29.8 Å². The van der Waals surface area contributed by atoms with Gasteiger partial charge in [0.05, 0.1) is 0 Å². The molecule has 0 aliphatic heterocycles. The minimum absolute atomic E-state index is 0.0885. The minimum Gasteiger partial charge on any atom is -0.350 e. The number of nitrogens with zero attached hydrogens (tertiary/aromatic N) is 4. The first-order valence-electron chi connectivity index (χ1n) is 9.34. The van der Waals surface area contributed by atoms with Crippen molar-refractivity contribution in [2.45, 2.75) is 26.9 Å². The van der Waals surface area contributed by atoms with E-state index in [0.717, 1.165) is 16.7 Å². The van der Waals surface area contributed by atoms with Crippen molar-refractivity contribution in [3.63, 3.8) is 0 Å². The molecule has 0 aliphatic rings. The highest BCUT2D eigenvalue weighted by Crippen LogP contribution is 2.22. The Morgan fingerprint density at radius 3 is 2.69 bits per heavy atom. The normalized spacial score (nSPS) is 10.8. The lowest BCUT2D eigenvalue weighted by molar-refractivity contribution is -0.121. The molecule has 0 spiro atoms. The van der Waals surface area contributed by atoms with Gasteiger partial charge in [0.15, 0.2) is 0 Å². The highest BCUT2D eigenvalue weighted by atomic mass is 16.5. The molecule has 0 unspecified atom stereocenters. The van der Waals surface area contributed by atoms with Gasteiger partial charge < -0.3 is 14.4 Å². The molecule has 0 radical (unpaired) electrons. The SMILES string of the molecule is Cc1cccc(-c2nc(-c3cn(CC(=O)NCc4ccccc4)c(C)n3)no2)c1. The summed E-state index contributed by atoms with van der Waals surface area (Å²) in [4.78, 5) is 21.2. The molecule has 2 aromatic carbocycles. The molecule has 0 bridgehead atoms. The Labute approximate surface area is 168 Å². The first-order chi connectivity index (χ1) is 14.1. The summed E-state index contributed by atoms with van der Waals surface area (Å²) >= 11 is 0. The molecule has 4 aromatic rings. The highest BCUT2D eigenvalue weighted by molar-refractivity contribution is 5.76. The first kappa shape index (κ1) is 18.6. The largest absolute Gasteiger partial charge is 0.350 e. The molecule has 2 heterocycles. The molecule has 29 heavy (non-hydrogen) atoms. The maximum absolute atomic E-state index is 12.3. The molecular weight excluding hydrogens is 366 g/mol. The van der Waals surface area contributed by atoms with Gasteiger partial charge in [-0.05, 0) is 31.5 Å². The summed E-state index contributed by atoms with van der Waals surface area (Å²) in [6.07, 6.45) is 1.77. The molecule has 146 valence electrons. The van der Waals surface area contributed by atoms with Crippen LogP contribution < -0.4 is 5.32 Å². The van der Waals surface area contributed by atoms with Crippen molar-refractivity contribution in [3.05, 3.63) is 77.7 Å². The van der Waals surface area contributed by atoms with Gasteiger partial charge in [-0.2, -0.15) is 4.98 Å². The Morgan fingerprint density at radius 2 is 1.90 bits per heavy atom. The van der Waals surface area contributed by atoms with Gasteiger partial charge >= 0.3 is 0 Å². The third-order valence-electron chi connectivity index (χ3n) is 4.54. The van der Waals surface area contributed by atoms with E-state index < -0.39 is 0 Å². The molecule has 0 saturated carbocycles. The number of hydrogen-bond donors (Lipinski definition) is 1. The van der Waals surface area contributed by atoms with Gasteiger partial charge in [-0.3, -0.25) is 4.79 Å². The molecule has 0 aliphatic carbocycles. The van der Waals surface area contributed by atoms with E-state index >= 15 is 0 Å². The summed E-state index contributed by atoms with van der Waals surface area (Å²) in [5.74, 6) is 1.45. The smallest absolute Gasteiger partial charge is 0.258 e. The second-order valence-electron chi connectivity index (χ2n) is 6.86. The third-order valence-corrected chi connectivity index (χ3v) is 4.54. The summed E-state index contributed by atoms with van der Waals surface area (Å²) in [5, 5.41) is 6.96. The lowest BCUT2D eigenvalue weighted by atomic mass is 10.1. The van der Waals surface area contributed by atoms with Crippen LogP contribution in [-0.2, 0) is 17.9 Å². The van der Waals surface area contributed by atoms with Crippen molar-refractivity contribution in [1.82, 2.24) is 25.0 Å². The number of carbonyl (C=O) groups excluding carboxylic acids is 1. The van der Waals surface area contributed by atoms with E-state index in [1.54, 1.807) is 10.8 Å². The van der Waals surface area contributed by atoms with Crippen LogP contribution in [0, 0.1) is 13.8 Å². The second-order valence-corrected chi connectivity index (χ2v) is 6.86. The zero-order chi connectivity index (χ0) is 20.2. The maximum atomic E-state index is 12.3. The van der Waals surface area contributed by atoms with E-state index in [9.17, 15) is 4.79 Å². The van der Waals surface area contributed by atoms with Crippen LogP contribution in [0.4, 0.5) is 0 Å². The molecule has 1 N–H and O–H groups in total. The van der Waals surface area contributed by atoms with Gasteiger partial charge in [-0.15, -0.1) is 0 Å². The van der Waals surface area contributed by atoms with E-state index in [2.05, 4.69) is 20.4 Å². The Bertz CT molecular complexity index is 1130. The first-order valence-corrected chi connectivity index (χ1v) is 9.34. The van der Waals surface area contributed by atoms with Crippen molar-refractivity contribution in [3.8, 4) is 23.0 Å². The molecule has 2 aromatic heterocycles. The summed E-state index contributed by atoms with van der Waals surface area (Å²) in [7, 11) is 0. The summed E-state index contributed by atoms with van der Waals surface area (Å²) in [6.45, 7) is 4.52. The number of rotatable bonds is 6. The Hall–Kier alpha value is -3.74. The lowest BCUT2D eigenvalue weighted by Crippen LogP contribution is -2.27. The lowest BCUT2D eigenvalue weighted by Gasteiger charge is -2.07. The molecule has 1 amide bonds. The number of aryl methyl sites for hydroxylation is 2. The Balaban J connectivity index is 1.45. The van der Waals surface area contributed by atoms with Gasteiger partial charge in [0.1, 0.15) is 18.1 Å². The number of carbonyl (C=O) groups is 1. The van der Waals surface area contributed by atoms with Crippen molar-refractivity contribution in [2.24, 2.45) is 0 Å². The highest BCUT2D eigenvalue weighted by Gasteiger charge is 2.15. The van der Waals surface area contributed by atoms with Gasteiger partial charge in [-0.1, -0.05) is 53.2 Å². The predicted molar refractivity (Wildman–Crippen MR) is 109 cm³/mol. The number of nitrogens with one attached hydrogen (secondary N) is 1. The topological polar surface area (TPSA) is 85.8 Å². The fraction of sp³-hybridized carbons (Fsp3) is 0.182. The van der Waals surface area contributed by atoms with Crippen molar-refractivity contribution in [1.29, 1.82) is 0 Å². The molecule has 7 nitrogen and oxygen atoms in total. The van der Waals surface area contributed by atoms with E-state index in [1.165, 1.54) is 0 Å². The third kappa shape index (κ3) is 4.40. The fourth-order valence-corrected chi connectivity index (χ4v) is 3.01. The average Bonchev–Trinajstić information content (AvgIpc) is 3.35. The van der Waals surface area contributed by atoms with Crippen molar-refractivity contribution >= 4 is 5.91 Å². The van der Waals surface area contributed by atoms with Crippen molar-refractivity contribution < 1.29 is 9.32 Å². The zero-order valence-electron chi connectivity index (χ0n) is 16.3. The van der Waals surface area contributed by atoms with Crippen LogP contribution in [0.1, 0.15) is 17.0 Å². The predicted octanol–water partition coefficient (Wildman–Crippen LogP) is 3.53. The number of benzene rings is 2. The van der Waals surface area contributed by atoms with Crippen LogP contribution in [0.15, 0.2) is 65.3 Å². The van der Waals surface area contributed by atoms with Crippen LogP contribution in [0.3, 0.4) is 0 Å². The minimum atomic E-state index is -0.0885. The molecule has 0 saturated heterocycles. The second kappa shape index (κ2) is 8.10. The summed E-state index contributed by atoms with van der Waals surface area (Å²) in [6, 6.07) is 17.7. The standard InChI is InChI=1S/C22H21N5O2/c1-15-7-6-10-18(11-15)22-25-21(26-29-22)19-13-27(16(2)24-19)14-20(28)23-12-17-8-4-3-5-9-17/h3-11,13H,12,14H2,1-2H3,(H,23,28). The molecule has 0 atom stereocenters. The van der Waals surface area contributed by atoms with Crippen LogP contribution in [0.5, 0.6) is 0 Å². The number of aromatic nitrogens is 4. The monoisotopic (exact) mass is 387 g/mol. The summed E-state index contributed by atoms with van der Waals surface area (Å²) in [5.41, 5.74) is 3.60. The molecule has 7 heteroatoms. The van der Waals surface area contributed by atoms with E-state index in [4.69, 9.17) is 4.52 Å². The fourth-order valence-electron chi connectivity index (χ4n) is 3.01. The molecular formula is C22H21N5O2. The number of amides is 1. The van der Waals surface area contributed by atoms with Gasteiger partial charge in [0.2, 0.25) is 11.7 Å². The van der Waals surface area contributed by atoms with Crippen LogP contribution in [0.2, 0.25) is 0 Å². The van der Waals surface area contributed by atoms with Crippen LogP contribution >= 0.6 is 0 Å². The van der Waals surface area contributed by atoms with Crippen LogP contribution in [-0.4, -0.2) is 25.6 Å².